The van der Waals surface area contributed by atoms with Gasteiger partial charge in [-0.25, -0.2) is 23.1 Å². The van der Waals surface area contributed by atoms with Crippen molar-refractivity contribution in [3.63, 3.8) is 0 Å². The van der Waals surface area contributed by atoms with Gasteiger partial charge in [-0.15, -0.1) is 0 Å². The molecular formula is C24H18ClF3N2O. The maximum absolute atomic E-state index is 15.1. The van der Waals surface area contributed by atoms with Crippen LogP contribution >= 0.6 is 11.6 Å². The number of aryl methyl sites for hydroxylation is 2. The summed E-state index contributed by atoms with van der Waals surface area (Å²) < 4.78 is 47.4. The molecular weight excluding hydrogens is 425 g/mol. The van der Waals surface area contributed by atoms with Crippen LogP contribution in [-0.2, 0) is 24.2 Å². The second kappa shape index (κ2) is 9.04. The minimum Gasteiger partial charge on any atom is -0.380 e. The number of fused-ring (bicyclic) bond motifs is 1. The van der Waals surface area contributed by atoms with Crippen molar-refractivity contribution >= 4 is 22.4 Å². The van der Waals surface area contributed by atoms with E-state index in [9.17, 15) is 8.78 Å². The maximum Gasteiger partial charge on any atom is 0.159 e. The van der Waals surface area contributed by atoms with Crippen LogP contribution in [0.25, 0.3) is 22.2 Å². The Bertz CT molecular complexity index is 1220. The summed E-state index contributed by atoms with van der Waals surface area (Å²) in [5, 5.41) is 0.645. The molecule has 1 heterocycles. The van der Waals surface area contributed by atoms with E-state index in [1.165, 1.54) is 12.1 Å². The topological polar surface area (TPSA) is 35.0 Å². The normalized spacial score (nSPS) is 11.3. The number of aromatic nitrogens is 2. The van der Waals surface area contributed by atoms with Crippen molar-refractivity contribution < 1.29 is 17.9 Å². The van der Waals surface area contributed by atoms with Gasteiger partial charge in [-0.05, 0) is 47.6 Å². The Morgan fingerprint density at radius 1 is 0.871 bits per heavy atom. The molecule has 0 aliphatic heterocycles. The first kappa shape index (κ1) is 21.3. The van der Waals surface area contributed by atoms with Gasteiger partial charge in [-0.3, -0.25) is 0 Å². The van der Waals surface area contributed by atoms with Crippen LogP contribution in [0.2, 0.25) is 5.02 Å². The van der Waals surface area contributed by atoms with E-state index in [2.05, 4.69) is 9.97 Å². The number of nitrogens with zero attached hydrogens (tertiary/aromatic N) is 2. The second-order valence-corrected chi connectivity index (χ2v) is 7.57. The SMILES string of the molecule is COCc1cnc(-c2ccc3c(F)c(CCc4cc(F)c(Cl)c(F)c4)ccc3c2)nc1. The van der Waals surface area contributed by atoms with E-state index >= 15 is 4.39 Å². The highest BCUT2D eigenvalue weighted by Crippen LogP contribution is 2.27. The first-order valence-corrected chi connectivity index (χ1v) is 9.99. The number of methoxy groups -OCH3 is 1. The highest BCUT2D eigenvalue weighted by Gasteiger charge is 2.12. The summed E-state index contributed by atoms with van der Waals surface area (Å²) in [5.41, 5.74) is 2.53. The van der Waals surface area contributed by atoms with Crippen LogP contribution in [0, 0.1) is 17.5 Å². The zero-order chi connectivity index (χ0) is 22.0. The Labute approximate surface area is 182 Å². The molecule has 31 heavy (non-hydrogen) atoms. The lowest BCUT2D eigenvalue weighted by molar-refractivity contribution is 0.184. The van der Waals surface area contributed by atoms with Gasteiger partial charge in [0.2, 0.25) is 0 Å². The second-order valence-electron chi connectivity index (χ2n) is 7.20. The van der Waals surface area contributed by atoms with Gasteiger partial charge in [0.1, 0.15) is 22.5 Å². The van der Waals surface area contributed by atoms with Gasteiger partial charge in [0.05, 0.1) is 6.61 Å². The third-order valence-corrected chi connectivity index (χ3v) is 5.40. The molecule has 7 heteroatoms. The molecule has 0 aliphatic carbocycles. The first-order chi connectivity index (χ1) is 15.0. The highest BCUT2D eigenvalue weighted by molar-refractivity contribution is 6.30. The van der Waals surface area contributed by atoms with Crippen LogP contribution in [0.3, 0.4) is 0 Å². The Morgan fingerprint density at radius 2 is 1.58 bits per heavy atom. The van der Waals surface area contributed by atoms with Gasteiger partial charge in [-0.1, -0.05) is 35.9 Å². The molecule has 0 saturated heterocycles. The molecule has 0 bridgehead atoms. The molecule has 0 N–H and O–H groups in total. The number of rotatable bonds is 6. The lowest BCUT2D eigenvalue weighted by atomic mass is 9.99. The van der Waals surface area contributed by atoms with Crippen LogP contribution < -0.4 is 0 Å². The number of benzene rings is 3. The molecule has 0 radical (unpaired) electrons. The smallest absolute Gasteiger partial charge is 0.159 e. The summed E-state index contributed by atoms with van der Waals surface area (Å²) in [5.74, 6) is -1.45. The summed E-state index contributed by atoms with van der Waals surface area (Å²) in [7, 11) is 1.60. The van der Waals surface area contributed by atoms with Crippen LogP contribution in [0.5, 0.6) is 0 Å². The predicted molar refractivity (Wildman–Crippen MR) is 114 cm³/mol. The molecule has 0 amide bonds. The maximum atomic E-state index is 15.1. The predicted octanol–water partition coefficient (Wildman–Crippen LogP) is 6.30. The summed E-state index contributed by atoms with van der Waals surface area (Å²) in [6, 6.07) is 11.1. The van der Waals surface area contributed by atoms with Crippen molar-refractivity contribution in [1.82, 2.24) is 9.97 Å². The lowest BCUT2D eigenvalue weighted by Crippen LogP contribution is -1.98. The van der Waals surface area contributed by atoms with Gasteiger partial charge in [-0.2, -0.15) is 0 Å². The van der Waals surface area contributed by atoms with Gasteiger partial charge in [0.25, 0.3) is 0 Å². The van der Waals surface area contributed by atoms with E-state index in [1.54, 1.807) is 37.7 Å². The fourth-order valence-electron chi connectivity index (χ4n) is 3.45. The Kier molecular flexibility index (Phi) is 6.20. The van der Waals surface area contributed by atoms with Crippen molar-refractivity contribution in [3.8, 4) is 11.4 Å². The van der Waals surface area contributed by atoms with E-state index in [0.717, 1.165) is 11.1 Å². The zero-order valence-corrected chi connectivity index (χ0v) is 17.4. The summed E-state index contributed by atoms with van der Waals surface area (Å²) in [4.78, 5) is 8.68. The van der Waals surface area contributed by atoms with Crippen molar-refractivity contribution in [2.45, 2.75) is 19.4 Å². The number of hydrogen-bond donors (Lipinski definition) is 0. The fourth-order valence-corrected chi connectivity index (χ4v) is 3.55. The number of ether oxygens (including phenoxy) is 1. The summed E-state index contributed by atoms with van der Waals surface area (Å²) in [6.07, 6.45) is 3.98. The van der Waals surface area contributed by atoms with E-state index in [4.69, 9.17) is 16.3 Å². The fraction of sp³-hybridized carbons (Fsp3) is 0.167. The standard InChI is InChI=1S/C24H18ClF3N2O/c1-31-13-15-11-29-24(30-12-15)18-6-7-19-17(10-18)5-4-16(23(19)28)3-2-14-8-20(26)22(25)21(27)9-14/h4-12H,2-3,13H2,1H3. The van der Waals surface area contributed by atoms with Crippen molar-refractivity contribution in [2.75, 3.05) is 7.11 Å². The molecule has 0 atom stereocenters. The lowest BCUT2D eigenvalue weighted by Gasteiger charge is -2.09. The van der Waals surface area contributed by atoms with E-state index in [-0.39, 0.29) is 12.2 Å². The van der Waals surface area contributed by atoms with Crippen LogP contribution in [-0.4, -0.2) is 17.1 Å². The van der Waals surface area contributed by atoms with Gasteiger partial charge in [0, 0.05) is 36.0 Å². The van der Waals surface area contributed by atoms with Crippen LogP contribution in [0.4, 0.5) is 13.2 Å². The minimum absolute atomic E-state index is 0.285. The van der Waals surface area contributed by atoms with Crippen molar-refractivity contribution in [2.24, 2.45) is 0 Å². The quantitative estimate of drug-likeness (QED) is 0.329. The molecule has 0 saturated carbocycles. The molecule has 158 valence electrons. The largest absolute Gasteiger partial charge is 0.380 e. The molecule has 0 aliphatic rings. The van der Waals surface area contributed by atoms with Gasteiger partial charge >= 0.3 is 0 Å². The molecule has 0 spiro atoms. The van der Waals surface area contributed by atoms with E-state index < -0.39 is 16.7 Å². The van der Waals surface area contributed by atoms with E-state index in [1.807, 2.05) is 12.1 Å². The monoisotopic (exact) mass is 442 g/mol. The molecule has 4 rings (SSSR count). The Hall–Kier alpha value is -2.96. The molecule has 3 aromatic carbocycles. The third-order valence-electron chi connectivity index (χ3n) is 5.04. The Morgan fingerprint density at radius 3 is 2.26 bits per heavy atom. The number of halogens is 4. The van der Waals surface area contributed by atoms with Gasteiger partial charge in [0.15, 0.2) is 5.82 Å². The first-order valence-electron chi connectivity index (χ1n) is 9.61. The zero-order valence-electron chi connectivity index (χ0n) is 16.6. The highest BCUT2D eigenvalue weighted by atomic mass is 35.5. The molecule has 3 nitrogen and oxygen atoms in total. The van der Waals surface area contributed by atoms with Crippen LogP contribution in [0.15, 0.2) is 54.9 Å². The average molecular weight is 443 g/mol. The summed E-state index contributed by atoms with van der Waals surface area (Å²) >= 11 is 5.51. The van der Waals surface area contributed by atoms with Crippen LogP contribution in [0.1, 0.15) is 16.7 Å². The summed E-state index contributed by atoms with van der Waals surface area (Å²) in [6.45, 7) is 0.432. The third kappa shape index (κ3) is 4.55. The minimum atomic E-state index is -0.819. The average Bonchev–Trinajstić information content (AvgIpc) is 2.77. The molecule has 4 aromatic rings. The number of hydrogen-bond acceptors (Lipinski definition) is 3. The molecule has 0 unspecified atom stereocenters. The van der Waals surface area contributed by atoms with Crippen molar-refractivity contribution in [3.05, 3.63) is 94.0 Å². The van der Waals surface area contributed by atoms with E-state index in [0.29, 0.717) is 40.8 Å². The van der Waals surface area contributed by atoms with Gasteiger partial charge < -0.3 is 4.74 Å². The molecule has 1 aromatic heterocycles. The molecule has 0 fully saturated rings. The Balaban J connectivity index is 1.57. The van der Waals surface area contributed by atoms with Crippen molar-refractivity contribution in [1.29, 1.82) is 0 Å².